The molecule has 1 rings (SSSR count). The molecule has 0 saturated heterocycles. The number of hydrogen-bond acceptors (Lipinski definition) is 3. The lowest BCUT2D eigenvalue weighted by molar-refractivity contribution is 0.181. The van der Waals surface area contributed by atoms with Crippen LogP contribution in [0, 0.1) is 0 Å². The quantitative estimate of drug-likeness (QED) is 0.721. The first-order valence-corrected chi connectivity index (χ1v) is 4.04. The summed E-state index contributed by atoms with van der Waals surface area (Å²) in [5.41, 5.74) is 5.85. The molecule has 0 fully saturated rings. The Morgan fingerprint density at radius 1 is 1.64 bits per heavy atom. The van der Waals surface area contributed by atoms with Gasteiger partial charge in [0.2, 0.25) is 0 Å². The van der Waals surface area contributed by atoms with Gasteiger partial charge in [-0.25, -0.2) is 4.98 Å². The molecule has 0 saturated carbocycles. The molecule has 0 amide bonds. The summed E-state index contributed by atoms with van der Waals surface area (Å²) in [6.45, 7) is 0.198. The van der Waals surface area contributed by atoms with Gasteiger partial charge in [0, 0.05) is 6.54 Å². The van der Waals surface area contributed by atoms with Crippen LogP contribution in [0.2, 0.25) is 0 Å². The molecule has 0 unspecified atom stereocenters. The van der Waals surface area contributed by atoms with Gasteiger partial charge in [0.05, 0.1) is 5.69 Å². The molecule has 3 N–H and O–H groups in total. The van der Waals surface area contributed by atoms with E-state index in [1.807, 2.05) is 6.07 Å². The highest BCUT2D eigenvalue weighted by Crippen LogP contribution is 2.11. The number of nitrogens with two attached hydrogens (primary N) is 1. The Hall–Kier alpha value is -0.450. The van der Waals surface area contributed by atoms with Crippen molar-refractivity contribution in [2.24, 2.45) is 5.73 Å². The monoisotopic (exact) mass is 216 g/mol. The Balaban J connectivity index is 2.86. The molecule has 4 heteroatoms. The molecule has 60 valence electrons. The molecular weight excluding hydrogens is 208 g/mol. The first-order valence-electron chi connectivity index (χ1n) is 3.24. The fourth-order valence-electron chi connectivity index (χ4n) is 0.730. The molecule has 1 aromatic rings. The first-order chi connectivity index (χ1) is 5.24. The van der Waals surface area contributed by atoms with Crippen LogP contribution >= 0.6 is 15.9 Å². The Morgan fingerprint density at radius 3 is 2.91 bits per heavy atom. The number of pyridine rings is 1. The van der Waals surface area contributed by atoms with Crippen molar-refractivity contribution in [2.75, 3.05) is 6.54 Å². The molecule has 1 aromatic heterocycles. The predicted octanol–water partition coefficient (Wildman–Crippen LogP) is 0.836. The number of aliphatic hydroxyl groups excluding tert-OH is 1. The zero-order valence-electron chi connectivity index (χ0n) is 5.87. The molecule has 0 aromatic carbocycles. The molecule has 0 spiro atoms. The fraction of sp³-hybridized carbons (Fsp3) is 0.286. The first kappa shape index (κ1) is 8.64. The van der Waals surface area contributed by atoms with Crippen molar-refractivity contribution in [3.63, 3.8) is 0 Å². The average Bonchev–Trinajstić information content (AvgIpc) is 2.03. The van der Waals surface area contributed by atoms with Gasteiger partial charge in [-0.3, -0.25) is 0 Å². The number of rotatable bonds is 2. The lowest BCUT2D eigenvalue weighted by atomic mass is 10.2. The van der Waals surface area contributed by atoms with Gasteiger partial charge in [0.25, 0.3) is 0 Å². The lowest BCUT2D eigenvalue weighted by Crippen LogP contribution is -2.12. The van der Waals surface area contributed by atoms with E-state index in [2.05, 4.69) is 20.9 Å². The third-order valence-corrected chi connectivity index (χ3v) is 1.74. The number of hydrogen-bond donors (Lipinski definition) is 2. The van der Waals surface area contributed by atoms with E-state index in [1.54, 1.807) is 12.1 Å². The van der Waals surface area contributed by atoms with Crippen LogP contribution in [0.1, 0.15) is 11.8 Å². The van der Waals surface area contributed by atoms with Crippen LogP contribution in [0.4, 0.5) is 0 Å². The number of aromatic nitrogens is 1. The molecule has 3 nitrogen and oxygen atoms in total. The van der Waals surface area contributed by atoms with E-state index in [-0.39, 0.29) is 6.54 Å². The van der Waals surface area contributed by atoms with Crippen molar-refractivity contribution in [3.05, 3.63) is 28.5 Å². The second-order valence-corrected chi connectivity index (χ2v) is 2.95. The standard InChI is InChI=1S/C7H9BrN2O/c8-7-3-1-2-5(10-7)6(11)4-9/h1-3,6,11H,4,9H2/t6-/m1/s1. The minimum atomic E-state index is -0.660. The van der Waals surface area contributed by atoms with E-state index >= 15 is 0 Å². The summed E-state index contributed by atoms with van der Waals surface area (Å²) >= 11 is 3.20. The van der Waals surface area contributed by atoms with Crippen LogP contribution in [0.5, 0.6) is 0 Å². The second-order valence-electron chi connectivity index (χ2n) is 2.14. The van der Waals surface area contributed by atoms with Crippen molar-refractivity contribution in [1.82, 2.24) is 4.98 Å². The van der Waals surface area contributed by atoms with Gasteiger partial charge in [-0.2, -0.15) is 0 Å². The van der Waals surface area contributed by atoms with Gasteiger partial charge in [-0.15, -0.1) is 0 Å². The third kappa shape index (κ3) is 2.25. The molecule has 1 atom stereocenters. The Morgan fingerprint density at radius 2 is 2.36 bits per heavy atom. The topological polar surface area (TPSA) is 59.1 Å². The van der Waals surface area contributed by atoms with Crippen LogP contribution in [0.25, 0.3) is 0 Å². The summed E-state index contributed by atoms with van der Waals surface area (Å²) in [6.07, 6.45) is -0.660. The van der Waals surface area contributed by atoms with Gasteiger partial charge in [-0.05, 0) is 28.1 Å². The van der Waals surface area contributed by atoms with Crippen LogP contribution in [0.15, 0.2) is 22.8 Å². The van der Waals surface area contributed by atoms with Crippen LogP contribution in [0.3, 0.4) is 0 Å². The van der Waals surface area contributed by atoms with Crippen LogP contribution in [-0.2, 0) is 0 Å². The summed E-state index contributed by atoms with van der Waals surface area (Å²) in [4.78, 5) is 4.03. The van der Waals surface area contributed by atoms with Crippen molar-refractivity contribution in [3.8, 4) is 0 Å². The summed E-state index contributed by atoms with van der Waals surface area (Å²) in [5, 5.41) is 9.25. The maximum Gasteiger partial charge on any atom is 0.108 e. The third-order valence-electron chi connectivity index (χ3n) is 1.30. The highest BCUT2D eigenvalue weighted by atomic mass is 79.9. The molecule has 0 aliphatic heterocycles. The number of aliphatic hydroxyl groups is 1. The van der Waals surface area contributed by atoms with Crippen molar-refractivity contribution >= 4 is 15.9 Å². The normalized spacial score (nSPS) is 13.0. The molecule has 11 heavy (non-hydrogen) atoms. The summed E-state index contributed by atoms with van der Waals surface area (Å²) in [6, 6.07) is 5.35. The van der Waals surface area contributed by atoms with Gasteiger partial charge >= 0.3 is 0 Å². The van der Waals surface area contributed by atoms with Crippen LogP contribution < -0.4 is 5.73 Å². The summed E-state index contributed by atoms with van der Waals surface area (Å²) in [5.74, 6) is 0. The molecule has 0 radical (unpaired) electrons. The second kappa shape index (κ2) is 3.80. The summed E-state index contributed by atoms with van der Waals surface area (Å²) < 4.78 is 0.711. The smallest absolute Gasteiger partial charge is 0.108 e. The number of nitrogens with zero attached hydrogens (tertiary/aromatic N) is 1. The molecule has 0 bridgehead atoms. The van der Waals surface area contributed by atoms with E-state index in [9.17, 15) is 5.11 Å². The van der Waals surface area contributed by atoms with Gasteiger partial charge in [0.1, 0.15) is 10.7 Å². The van der Waals surface area contributed by atoms with E-state index < -0.39 is 6.10 Å². The van der Waals surface area contributed by atoms with Gasteiger partial charge in [-0.1, -0.05) is 6.07 Å². The maximum absolute atomic E-state index is 9.25. The Bertz CT molecular complexity index is 242. The van der Waals surface area contributed by atoms with Crippen LogP contribution in [-0.4, -0.2) is 16.6 Å². The highest BCUT2D eigenvalue weighted by molar-refractivity contribution is 9.10. The van der Waals surface area contributed by atoms with Crippen molar-refractivity contribution < 1.29 is 5.11 Å². The van der Waals surface area contributed by atoms with E-state index in [1.165, 1.54) is 0 Å². The minimum Gasteiger partial charge on any atom is -0.385 e. The zero-order valence-corrected chi connectivity index (χ0v) is 7.45. The number of halogens is 1. The molecule has 1 heterocycles. The SMILES string of the molecule is NC[C@@H](O)c1cccc(Br)n1. The van der Waals surface area contributed by atoms with Gasteiger partial charge in [0.15, 0.2) is 0 Å². The Kier molecular flexibility index (Phi) is 2.99. The zero-order chi connectivity index (χ0) is 8.27. The molecule has 0 aliphatic rings. The van der Waals surface area contributed by atoms with E-state index in [4.69, 9.17) is 5.73 Å². The minimum absolute atomic E-state index is 0.198. The molecule has 0 aliphatic carbocycles. The highest BCUT2D eigenvalue weighted by Gasteiger charge is 2.05. The largest absolute Gasteiger partial charge is 0.385 e. The van der Waals surface area contributed by atoms with Crippen molar-refractivity contribution in [2.45, 2.75) is 6.10 Å². The fourth-order valence-corrected chi connectivity index (χ4v) is 1.09. The average molecular weight is 217 g/mol. The Labute approximate surface area is 73.4 Å². The van der Waals surface area contributed by atoms with E-state index in [0.717, 1.165) is 0 Å². The lowest BCUT2D eigenvalue weighted by Gasteiger charge is -2.05. The predicted molar refractivity (Wildman–Crippen MR) is 46.0 cm³/mol. The maximum atomic E-state index is 9.25. The molecular formula is C7H9BrN2O. The van der Waals surface area contributed by atoms with Crippen molar-refractivity contribution in [1.29, 1.82) is 0 Å². The van der Waals surface area contributed by atoms with Gasteiger partial charge < -0.3 is 10.8 Å². The summed E-state index contributed by atoms with van der Waals surface area (Å²) in [7, 11) is 0. The van der Waals surface area contributed by atoms with E-state index in [0.29, 0.717) is 10.3 Å².